The van der Waals surface area contributed by atoms with Gasteiger partial charge in [-0.1, -0.05) is 42.1 Å². The molecule has 27 heavy (non-hydrogen) atoms. The molecule has 6 nitrogen and oxygen atoms in total. The number of hydrogen-bond acceptors (Lipinski definition) is 5. The third-order valence-electron chi connectivity index (χ3n) is 3.55. The van der Waals surface area contributed by atoms with E-state index in [9.17, 15) is 9.18 Å². The molecule has 2 N–H and O–H groups in total. The summed E-state index contributed by atoms with van der Waals surface area (Å²) in [5.74, 6) is 0.475. The fraction of sp³-hybridized carbons (Fsp3) is 0.111. The van der Waals surface area contributed by atoms with Gasteiger partial charge in [-0.05, 0) is 49.0 Å². The number of amides is 1. The number of nitrogens with one attached hydrogen (secondary N) is 2. The third kappa shape index (κ3) is 5.11. The lowest BCUT2D eigenvalue weighted by atomic mass is 10.2. The first-order chi connectivity index (χ1) is 13.0. The summed E-state index contributed by atoms with van der Waals surface area (Å²) < 4.78 is 14.6. The Bertz CT molecular complexity index is 944. The minimum atomic E-state index is -0.434. The fourth-order valence-corrected chi connectivity index (χ4v) is 3.27. The predicted molar refractivity (Wildman–Crippen MR) is 107 cm³/mol. The van der Waals surface area contributed by atoms with E-state index in [0.717, 1.165) is 11.3 Å². The zero-order valence-electron chi connectivity index (χ0n) is 14.3. The van der Waals surface area contributed by atoms with Gasteiger partial charge in [-0.2, -0.15) is 0 Å². The van der Waals surface area contributed by atoms with Crippen molar-refractivity contribution in [2.75, 3.05) is 5.43 Å². The molecule has 1 aromatic heterocycles. The maximum atomic E-state index is 13.0. The van der Waals surface area contributed by atoms with Crippen LogP contribution in [0.2, 0.25) is 0 Å². The highest BCUT2D eigenvalue weighted by molar-refractivity contribution is 7.98. The molecule has 1 amide bonds. The monoisotopic (exact) mass is 401 g/mol. The number of benzene rings is 2. The van der Waals surface area contributed by atoms with Crippen LogP contribution in [0, 0.1) is 12.7 Å². The normalized spacial score (nSPS) is 10.4. The number of nitrogens with zero attached hydrogens (tertiary/aromatic N) is 3. The number of aromatic nitrogens is 3. The highest BCUT2D eigenvalue weighted by Gasteiger charge is 2.13. The van der Waals surface area contributed by atoms with Gasteiger partial charge in [-0.3, -0.25) is 15.5 Å². The fourth-order valence-electron chi connectivity index (χ4n) is 2.19. The van der Waals surface area contributed by atoms with Crippen molar-refractivity contribution in [2.45, 2.75) is 17.8 Å². The van der Waals surface area contributed by atoms with Gasteiger partial charge in [0, 0.05) is 11.3 Å². The molecule has 0 saturated heterocycles. The van der Waals surface area contributed by atoms with E-state index in [1.165, 1.54) is 36.0 Å². The second kappa shape index (κ2) is 8.74. The van der Waals surface area contributed by atoms with Gasteiger partial charge in [0.25, 0.3) is 5.91 Å². The molecular formula is C18H16FN5OS2. The quantitative estimate of drug-likeness (QED) is 0.505. The van der Waals surface area contributed by atoms with Crippen molar-refractivity contribution in [3.8, 4) is 0 Å². The molecule has 0 aliphatic rings. The first-order valence-electron chi connectivity index (χ1n) is 7.99. The zero-order chi connectivity index (χ0) is 19.2. The third-order valence-corrected chi connectivity index (χ3v) is 4.75. The number of carbonyl (C=O) groups excluding carboxylic acids is 1. The lowest BCUT2D eigenvalue weighted by Crippen LogP contribution is -2.38. The number of carbonyl (C=O) groups is 1. The van der Waals surface area contributed by atoms with Crippen LogP contribution in [0.15, 0.2) is 59.8 Å². The number of aryl methyl sites for hydroxylation is 1. The molecule has 1 heterocycles. The highest BCUT2D eigenvalue weighted by Crippen LogP contribution is 2.20. The second-order valence-corrected chi connectivity index (χ2v) is 6.89. The SMILES string of the molecule is Cc1nnc(SCc2ccccc2)n1NC(=S)NC(=O)c1ccc(F)cc1. The van der Waals surface area contributed by atoms with Gasteiger partial charge < -0.3 is 0 Å². The molecule has 9 heteroatoms. The minimum Gasteiger partial charge on any atom is -0.298 e. The van der Waals surface area contributed by atoms with Crippen molar-refractivity contribution in [3.63, 3.8) is 0 Å². The van der Waals surface area contributed by atoms with E-state index in [1.807, 2.05) is 30.3 Å². The van der Waals surface area contributed by atoms with Crippen molar-refractivity contribution >= 4 is 35.0 Å². The Kier molecular flexibility index (Phi) is 6.15. The summed E-state index contributed by atoms with van der Waals surface area (Å²) in [6, 6.07) is 15.2. The van der Waals surface area contributed by atoms with Gasteiger partial charge in [-0.15, -0.1) is 10.2 Å². The molecule has 0 spiro atoms. The average Bonchev–Trinajstić information content (AvgIpc) is 3.01. The van der Waals surface area contributed by atoms with Gasteiger partial charge in [0.1, 0.15) is 11.6 Å². The largest absolute Gasteiger partial charge is 0.298 e. The molecule has 138 valence electrons. The first-order valence-corrected chi connectivity index (χ1v) is 9.39. The van der Waals surface area contributed by atoms with E-state index in [-0.39, 0.29) is 5.11 Å². The van der Waals surface area contributed by atoms with Gasteiger partial charge in [0.15, 0.2) is 5.11 Å². The molecule has 0 aliphatic carbocycles. The maximum Gasteiger partial charge on any atom is 0.257 e. The number of hydrogen-bond donors (Lipinski definition) is 2. The number of halogens is 1. The van der Waals surface area contributed by atoms with Crippen LogP contribution >= 0.6 is 24.0 Å². The Morgan fingerprint density at radius 3 is 2.56 bits per heavy atom. The van der Waals surface area contributed by atoms with Crippen LogP contribution in [0.5, 0.6) is 0 Å². The zero-order valence-corrected chi connectivity index (χ0v) is 16.0. The number of thiocarbonyl (C=S) groups is 1. The Labute approximate surface area is 165 Å². The molecule has 0 aliphatic heterocycles. The van der Waals surface area contributed by atoms with Crippen molar-refractivity contribution in [1.82, 2.24) is 20.2 Å². The van der Waals surface area contributed by atoms with Crippen LogP contribution in [-0.2, 0) is 5.75 Å². The number of thioether (sulfide) groups is 1. The topological polar surface area (TPSA) is 71.8 Å². The Morgan fingerprint density at radius 1 is 1.15 bits per heavy atom. The molecule has 3 aromatic rings. The summed E-state index contributed by atoms with van der Waals surface area (Å²) in [6.07, 6.45) is 0. The Balaban J connectivity index is 1.62. The van der Waals surface area contributed by atoms with Gasteiger partial charge in [0.05, 0.1) is 0 Å². The van der Waals surface area contributed by atoms with Crippen LogP contribution in [0.4, 0.5) is 4.39 Å². The molecule has 0 radical (unpaired) electrons. The molecule has 3 rings (SSSR count). The second-order valence-electron chi connectivity index (χ2n) is 5.54. The summed E-state index contributed by atoms with van der Waals surface area (Å²) in [4.78, 5) is 12.2. The van der Waals surface area contributed by atoms with E-state index in [1.54, 1.807) is 11.6 Å². The maximum absolute atomic E-state index is 13.0. The van der Waals surface area contributed by atoms with Crippen molar-refractivity contribution in [2.24, 2.45) is 0 Å². The standard InChI is InChI=1S/C18H16FN5OS2/c1-12-21-22-18(27-11-13-5-3-2-4-6-13)24(12)23-17(26)20-16(25)14-7-9-15(19)10-8-14/h2-10H,11H2,1H3,(H2,20,23,25,26). The summed E-state index contributed by atoms with van der Waals surface area (Å²) in [5, 5.41) is 11.4. The lowest BCUT2D eigenvalue weighted by molar-refractivity contribution is 0.0977. The Morgan fingerprint density at radius 2 is 1.85 bits per heavy atom. The van der Waals surface area contributed by atoms with E-state index < -0.39 is 11.7 Å². The Hall–Kier alpha value is -2.78. The molecule has 0 unspecified atom stereocenters. The summed E-state index contributed by atoms with van der Waals surface area (Å²) >= 11 is 6.69. The van der Waals surface area contributed by atoms with Crippen molar-refractivity contribution in [1.29, 1.82) is 0 Å². The van der Waals surface area contributed by atoms with E-state index in [4.69, 9.17) is 12.2 Å². The molecule has 2 aromatic carbocycles. The van der Waals surface area contributed by atoms with E-state index in [2.05, 4.69) is 20.9 Å². The van der Waals surface area contributed by atoms with Gasteiger partial charge >= 0.3 is 0 Å². The van der Waals surface area contributed by atoms with Crippen LogP contribution in [0.25, 0.3) is 0 Å². The smallest absolute Gasteiger partial charge is 0.257 e. The van der Waals surface area contributed by atoms with Crippen molar-refractivity contribution < 1.29 is 9.18 Å². The molecule has 0 saturated carbocycles. The van der Waals surface area contributed by atoms with Gasteiger partial charge in [0.2, 0.25) is 5.16 Å². The predicted octanol–water partition coefficient (Wildman–Crippen LogP) is 3.28. The summed E-state index contributed by atoms with van der Waals surface area (Å²) in [7, 11) is 0. The van der Waals surface area contributed by atoms with Crippen LogP contribution < -0.4 is 10.7 Å². The molecular weight excluding hydrogens is 385 g/mol. The molecule has 0 atom stereocenters. The first kappa shape index (κ1) is 19.0. The average molecular weight is 401 g/mol. The van der Waals surface area contributed by atoms with Crippen molar-refractivity contribution in [3.05, 3.63) is 77.4 Å². The molecule has 0 bridgehead atoms. The molecule has 0 fully saturated rings. The lowest BCUT2D eigenvalue weighted by Gasteiger charge is -2.13. The van der Waals surface area contributed by atoms with Crippen LogP contribution in [-0.4, -0.2) is 25.9 Å². The highest BCUT2D eigenvalue weighted by atomic mass is 32.2. The summed E-state index contributed by atoms with van der Waals surface area (Å²) in [6.45, 7) is 1.77. The van der Waals surface area contributed by atoms with E-state index >= 15 is 0 Å². The van der Waals surface area contributed by atoms with Crippen LogP contribution in [0.1, 0.15) is 21.7 Å². The van der Waals surface area contributed by atoms with Crippen LogP contribution in [0.3, 0.4) is 0 Å². The minimum absolute atomic E-state index is 0.0915. The van der Waals surface area contributed by atoms with E-state index in [0.29, 0.717) is 16.5 Å². The van der Waals surface area contributed by atoms with Gasteiger partial charge in [-0.25, -0.2) is 9.07 Å². The number of rotatable bonds is 5. The summed E-state index contributed by atoms with van der Waals surface area (Å²) in [5.41, 5.74) is 4.36.